The van der Waals surface area contributed by atoms with E-state index in [1.54, 1.807) is 14.0 Å². The van der Waals surface area contributed by atoms with Gasteiger partial charge in [0, 0.05) is 33.6 Å². The molecule has 0 bridgehead atoms. The lowest BCUT2D eigenvalue weighted by molar-refractivity contribution is 0.0486. The standard InChI is InChI=1S/C18H34N6O3/c1-12(2)14(22-17(25)26-18(4,5)6)9-10-24(8)16(19-7)20-11-15-21-13(3)27-23-15/h12,14H,9-11H2,1-8H3,(H,19,20)(H,22,25). The zero-order valence-corrected chi connectivity index (χ0v) is 17.8. The summed E-state index contributed by atoms with van der Waals surface area (Å²) in [5, 5.41) is 10.0. The Balaban J connectivity index is 2.53. The smallest absolute Gasteiger partial charge is 0.407 e. The van der Waals surface area contributed by atoms with Crippen LogP contribution >= 0.6 is 0 Å². The Morgan fingerprint density at radius 1 is 1.37 bits per heavy atom. The molecule has 27 heavy (non-hydrogen) atoms. The topological polar surface area (TPSA) is 105 Å². The highest BCUT2D eigenvalue weighted by Crippen LogP contribution is 2.11. The quantitative estimate of drug-likeness (QED) is 0.551. The summed E-state index contributed by atoms with van der Waals surface area (Å²) in [5.74, 6) is 2.11. The Kier molecular flexibility index (Phi) is 8.52. The van der Waals surface area contributed by atoms with E-state index in [9.17, 15) is 4.79 Å². The summed E-state index contributed by atoms with van der Waals surface area (Å²) in [6.45, 7) is 12.6. The Morgan fingerprint density at radius 3 is 2.52 bits per heavy atom. The highest BCUT2D eigenvalue weighted by atomic mass is 16.6. The van der Waals surface area contributed by atoms with Gasteiger partial charge in [0.25, 0.3) is 0 Å². The predicted molar refractivity (Wildman–Crippen MR) is 104 cm³/mol. The second-order valence-corrected chi connectivity index (χ2v) is 7.84. The molecule has 9 nitrogen and oxygen atoms in total. The molecule has 1 aromatic heterocycles. The molecule has 154 valence electrons. The van der Waals surface area contributed by atoms with Crippen LogP contribution in [0.2, 0.25) is 0 Å². The minimum atomic E-state index is -0.512. The number of rotatable bonds is 7. The van der Waals surface area contributed by atoms with Gasteiger partial charge in [0.2, 0.25) is 5.89 Å². The van der Waals surface area contributed by atoms with Crippen molar-refractivity contribution < 1.29 is 14.1 Å². The van der Waals surface area contributed by atoms with E-state index in [0.29, 0.717) is 24.8 Å². The average Bonchev–Trinajstić information content (AvgIpc) is 2.95. The van der Waals surface area contributed by atoms with Gasteiger partial charge >= 0.3 is 6.09 Å². The molecule has 0 aliphatic rings. The highest BCUT2D eigenvalue weighted by Gasteiger charge is 2.22. The average molecular weight is 383 g/mol. The van der Waals surface area contributed by atoms with Crippen molar-refractivity contribution in [3.05, 3.63) is 11.7 Å². The maximum Gasteiger partial charge on any atom is 0.407 e. The van der Waals surface area contributed by atoms with E-state index < -0.39 is 5.60 Å². The van der Waals surface area contributed by atoms with E-state index in [4.69, 9.17) is 9.26 Å². The fraction of sp³-hybridized carbons (Fsp3) is 0.778. The van der Waals surface area contributed by atoms with E-state index in [0.717, 1.165) is 12.4 Å². The summed E-state index contributed by atoms with van der Waals surface area (Å²) < 4.78 is 10.3. The molecule has 0 fully saturated rings. The molecule has 0 saturated carbocycles. The van der Waals surface area contributed by atoms with E-state index in [1.165, 1.54) is 0 Å². The summed E-state index contributed by atoms with van der Waals surface area (Å²) in [6, 6.07) is 0.000243. The van der Waals surface area contributed by atoms with Crippen LogP contribution in [0.1, 0.15) is 52.8 Å². The Morgan fingerprint density at radius 2 is 2.04 bits per heavy atom. The molecule has 0 spiro atoms. The molecule has 1 aromatic rings. The number of aryl methyl sites for hydroxylation is 1. The van der Waals surface area contributed by atoms with Gasteiger partial charge < -0.3 is 24.8 Å². The first-order valence-corrected chi connectivity index (χ1v) is 9.22. The number of carbonyl (C=O) groups excluding carboxylic acids is 1. The summed E-state index contributed by atoms with van der Waals surface area (Å²) in [5.41, 5.74) is -0.512. The maximum absolute atomic E-state index is 12.1. The molecule has 1 heterocycles. The van der Waals surface area contributed by atoms with Gasteiger partial charge in [-0.15, -0.1) is 0 Å². The van der Waals surface area contributed by atoms with Gasteiger partial charge in [-0.1, -0.05) is 19.0 Å². The molecule has 1 unspecified atom stereocenters. The second kappa shape index (κ2) is 10.1. The maximum atomic E-state index is 12.1. The second-order valence-electron chi connectivity index (χ2n) is 7.84. The molecule has 0 radical (unpaired) electrons. The van der Waals surface area contributed by atoms with Gasteiger partial charge in [-0.05, 0) is 33.1 Å². The number of carbonyl (C=O) groups is 1. The summed E-state index contributed by atoms with van der Waals surface area (Å²) in [4.78, 5) is 22.5. The molecule has 1 atom stereocenters. The van der Waals surface area contributed by atoms with Gasteiger partial charge in [-0.2, -0.15) is 4.98 Å². The van der Waals surface area contributed by atoms with E-state index in [-0.39, 0.29) is 18.1 Å². The van der Waals surface area contributed by atoms with Crippen molar-refractivity contribution >= 4 is 12.1 Å². The van der Waals surface area contributed by atoms with Crippen LogP contribution in [0.15, 0.2) is 9.52 Å². The molecule has 0 saturated heterocycles. The van der Waals surface area contributed by atoms with Crippen molar-refractivity contribution in [1.29, 1.82) is 0 Å². The Hall–Kier alpha value is -2.32. The summed E-state index contributed by atoms with van der Waals surface area (Å²) in [6.07, 6.45) is 0.369. The largest absolute Gasteiger partial charge is 0.444 e. The van der Waals surface area contributed by atoms with Crippen LogP contribution in [0.4, 0.5) is 4.79 Å². The van der Waals surface area contributed by atoms with Crippen LogP contribution in [0, 0.1) is 12.8 Å². The van der Waals surface area contributed by atoms with Crippen LogP contribution in [0.3, 0.4) is 0 Å². The van der Waals surface area contributed by atoms with Crippen LogP contribution in [-0.4, -0.2) is 59.4 Å². The van der Waals surface area contributed by atoms with Gasteiger partial charge in [0.1, 0.15) is 5.60 Å². The minimum absolute atomic E-state index is 0.000243. The third-order valence-electron chi connectivity index (χ3n) is 3.83. The fourth-order valence-corrected chi connectivity index (χ4v) is 2.43. The monoisotopic (exact) mass is 382 g/mol. The van der Waals surface area contributed by atoms with Crippen LogP contribution in [0.5, 0.6) is 0 Å². The van der Waals surface area contributed by atoms with Gasteiger partial charge in [-0.25, -0.2) is 4.79 Å². The highest BCUT2D eigenvalue weighted by molar-refractivity contribution is 5.79. The van der Waals surface area contributed by atoms with Crippen molar-refractivity contribution in [2.45, 2.75) is 66.2 Å². The molecular weight excluding hydrogens is 348 g/mol. The fourth-order valence-electron chi connectivity index (χ4n) is 2.43. The van der Waals surface area contributed by atoms with Crippen molar-refractivity contribution in [3.8, 4) is 0 Å². The SMILES string of the molecule is CN=C(NCc1noc(C)n1)N(C)CCC(NC(=O)OC(C)(C)C)C(C)C. The summed E-state index contributed by atoms with van der Waals surface area (Å²) >= 11 is 0. The van der Waals surface area contributed by atoms with Gasteiger partial charge in [0.05, 0.1) is 6.54 Å². The molecular formula is C18H34N6O3. The van der Waals surface area contributed by atoms with Gasteiger partial charge in [0.15, 0.2) is 11.8 Å². The lowest BCUT2D eigenvalue weighted by Crippen LogP contribution is -2.45. The molecule has 1 rings (SSSR count). The molecule has 9 heteroatoms. The lowest BCUT2D eigenvalue weighted by Gasteiger charge is -2.28. The third kappa shape index (κ3) is 8.74. The van der Waals surface area contributed by atoms with Crippen molar-refractivity contribution in [2.24, 2.45) is 10.9 Å². The van der Waals surface area contributed by atoms with Crippen LogP contribution in [0.25, 0.3) is 0 Å². The number of hydrogen-bond donors (Lipinski definition) is 2. The van der Waals surface area contributed by atoms with E-state index in [2.05, 4.69) is 39.6 Å². The van der Waals surface area contributed by atoms with Crippen molar-refractivity contribution in [1.82, 2.24) is 25.7 Å². The summed E-state index contributed by atoms with van der Waals surface area (Å²) in [7, 11) is 3.67. The zero-order chi connectivity index (χ0) is 20.6. The molecule has 0 aromatic carbocycles. The third-order valence-corrected chi connectivity index (χ3v) is 3.83. The number of alkyl carbamates (subject to hydrolysis) is 1. The first-order valence-electron chi connectivity index (χ1n) is 9.22. The molecule has 0 aliphatic heterocycles. The Labute approximate surface area is 161 Å². The first-order chi connectivity index (χ1) is 12.5. The van der Waals surface area contributed by atoms with Gasteiger partial charge in [-0.3, -0.25) is 4.99 Å². The van der Waals surface area contributed by atoms with Crippen molar-refractivity contribution in [2.75, 3.05) is 20.6 Å². The number of guanidine groups is 1. The molecule has 1 amide bonds. The van der Waals surface area contributed by atoms with Crippen LogP contribution < -0.4 is 10.6 Å². The lowest BCUT2D eigenvalue weighted by atomic mass is 10.0. The number of aromatic nitrogens is 2. The van der Waals surface area contributed by atoms with E-state index in [1.807, 2.05) is 32.7 Å². The van der Waals surface area contributed by atoms with E-state index >= 15 is 0 Å². The number of hydrogen-bond acceptors (Lipinski definition) is 6. The predicted octanol–water partition coefficient (Wildman–Crippen LogP) is 2.32. The number of nitrogens with zero attached hydrogens (tertiary/aromatic N) is 4. The Bertz CT molecular complexity index is 621. The van der Waals surface area contributed by atoms with Crippen molar-refractivity contribution in [3.63, 3.8) is 0 Å². The van der Waals surface area contributed by atoms with Crippen LogP contribution in [-0.2, 0) is 11.3 Å². The molecule has 2 N–H and O–H groups in total. The zero-order valence-electron chi connectivity index (χ0n) is 17.8. The number of amides is 1. The normalized spacial score (nSPS) is 13.4. The number of nitrogens with one attached hydrogen (secondary N) is 2. The molecule has 0 aliphatic carbocycles. The number of aliphatic imine (C=N–C) groups is 1. The minimum Gasteiger partial charge on any atom is -0.444 e. The number of ether oxygens (including phenoxy) is 1. The first kappa shape index (κ1) is 22.7.